The van der Waals surface area contributed by atoms with Gasteiger partial charge in [0.15, 0.2) is 17.6 Å². The highest BCUT2D eigenvalue weighted by Crippen LogP contribution is 2.35. The summed E-state index contributed by atoms with van der Waals surface area (Å²) in [5.74, 6) is 2.15. The quantitative estimate of drug-likeness (QED) is 0.689. The van der Waals surface area contributed by atoms with Crippen molar-refractivity contribution in [2.75, 3.05) is 6.79 Å². The fourth-order valence-electron chi connectivity index (χ4n) is 2.49. The van der Waals surface area contributed by atoms with Crippen LogP contribution < -0.4 is 19.5 Å². The van der Waals surface area contributed by atoms with Crippen molar-refractivity contribution < 1.29 is 23.5 Å². The monoisotopic (exact) mass is 371 g/mol. The van der Waals surface area contributed by atoms with Gasteiger partial charge in [-0.2, -0.15) is 10.1 Å². The van der Waals surface area contributed by atoms with E-state index >= 15 is 0 Å². The molecule has 0 fully saturated rings. The Labute approximate surface area is 154 Å². The van der Waals surface area contributed by atoms with Gasteiger partial charge in [-0.05, 0) is 19.1 Å². The van der Waals surface area contributed by atoms with Crippen LogP contribution >= 0.6 is 0 Å². The predicted molar refractivity (Wildman–Crippen MR) is 91.0 cm³/mol. The maximum absolute atomic E-state index is 12.2. The SMILES string of the molecule is C[C@@H](Oc1ccc2c(c1)OCO2)C(=O)NCc1nc(-c2cnn(C)c2)no1. The van der Waals surface area contributed by atoms with Crippen LogP contribution in [-0.4, -0.2) is 38.7 Å². The molecule has 1 amide bonds. The van der Waals surface area contributed by atoms with Crippen molar-refractivity contribution in [2.45, 2.75) is 19.6 Å². The number of carbonyl (C=O) groups excluding carboxylic acids is 1. The molecule has 3 aromatic rings. The summed E-state index contributed by atoms with van der Waals surface area (Å²) < 4.78 is 23.0. The Hall–Kier alpha value is -3.56. The molecule has 1 atom stereocenters. The first-order valence-electron chi connectivity index (χ1n) is 8.24. The number of benzene rings is 1. The summed E-state index contributed by atoms with van der Waals surface area (Å²) in [6.45, 7) is 1.93. The Kier molecular flexibility index (Phi) is 4.37. The normalized spacial score (nSPS) is 13.4. The molecular weight excluding hydrogens is 354 g/mol. The van der Waals surface area contributed by atoms with E-state index in [4.69, 9.17) is 18.7 Å². The molecule has 1 aliphatic rings. The van der Waals surface area contributed by atoms with Gasteiger partial charge in [-0.3, -0.25) is 9.48 Å². The second-order valence-corrected chi connectivity index (χ2v) is 5.91. The molecule has 0 bridgehead atoms. The summed E-state index contributed by atoms with van der Waals surface area (Å²) in [7, 11) is 1.80. The maximum atomic E-state index is 12.2. The van der Waals surface area contributed by atoms with Crippen LogP contribution in [0.25, 0.3) is 11.4 Å². The average Bonchev–Trinajstić information content (AvgIpc) is 3.39. The molecule has 10 nitrogen and oxygen atoms in total. The Bertz CT molecular complexity index is 966. The van der Waals surface area contributed by atoms with E-state index in [-0.39, 0.29) is 25.1 Å². The first-order chi connectivity index (χ1) is 13.1. The largest absolute Gasteiger partial charge is 0.481 e. The molecule has 10 heteroatoms. The van der Waals surface area contributed by atoms with E-state index in [1.807, 2.05) is 0 Å². The lowest BCUT2D eigenvalue weighted by Crippen LogP contribution is -2.35. The number of nitrogens with one attached hydrogen (secondary N) is 1. The molecular formula is C17H17N5O5. The van der Waals surface area contributed by atoms with Crippen molar-refractivity contribution >= 4 is 5.91 Å². The van der Waals surface area contributed by atoms with E-state index in [9.17, 15) is 4.79 Å². The zero-order valence-corrected chi connectivity index (χ0v) is 14.7. The summed E-state index contributed by atoms with van der Waals surface area (Å²) >= 11 is 0. The number of carbonyl (C=O) groups is 1. The number of nitrogens with zero attached hydrogens (tertiary/aromatic N) is 4. The van der Waals surface area contributed by atoms with Gasteiger partial charge < -0.3 is 24.1 Å². The van der Waals surface area contributed by atoms with Crippen molar-refractivity contribution in [1.82, 2.24) is 25.2 Å². The third kappa shape index (κ3) is 3.68. The van der Waals surface area contributed by atoms with Crippen molar-refractivity contribution in [3.63, 3.8) is 0 Å². The molecule has 1 aliphatic heterocycles. The van der Waals surface area contributed by atoms with Crippen LogP contribution in [0.1, 0.15) is 12.8 Å². The molecule has 0 saturated carbocycles. The number of ether oxygens (including phenoxy) is 3. The lowest BCUT2D eigenvalue weighted by molar-refractivity contribution is -0.127. The van der Waals surface area contributed by atoms with E-state index in [0.717, 1.165) is 5.56 Å². The maximum Gasteiger partial charge on any atom is 0.261 e. The number of hydrogen-bond acceptors (Lipinski definition) is 8. The van der Waals surface area contributed by atoms with E-state index in [1.54, 1.807) is 49.2 Å². The first-order valence-corrected chi connectivity index (χ1v) is 8.24. The van der Waals surface area contributed by atoms with Gasteiger partial charge in [0.1, 0.15) is 5.75 Å². The molecule has 2 aromatic heterocycles. The summed E-state index contributed by atoms with van der Waals surface area (Å²) in [6.07, 6.45) is 2.69. The predicted octanol–water partition coefficient (Wildman–Crippen LogP) is 1.28. The second-order valence-electron chi connectivity index (χ2n) is 5.91. The molecule has 0 radical (unpaired) electrons. The first kappa shape index (κ1) is 16.9. The van der Waals surface area contributed by atoms with Crippen LogP contribution in [0.2, 0.25) is 0 Å². The van der Waals surface area contributed by atoms with Crippen molar-refractivity contribution in [3.8, 4) is 28.6 Å². The van der Waals surface area contributed by atoms with Gasteiger partial charge >= 0.3 is 0 Å². The number of amides is 1. The smallest absolute Gasteiger partial charge is 0.261 e. The van der Waals surface area contributed by atoms with Gasteiger partial charge in [0.2, 0.25) is 18.5 Å². The standard InChI is InChI=1S/C17H17N5O5/c1-10(26-12-3-4-13-14(5-12)25-9-24-13)17(23)18-7-15-20-16(21-27-15)11-6-19-22(2)8-11/h3-6,8,10H,7,9H2,1-2H3,(H,18,23)/t10-/m1/s1. The Morgan fingerprint density at radius 2 is 2.22 bits per heavy atom. The third-order valence-electron chi connectivity index (χ3n) is 3.87. The molecule has 0 spiro atoms. The van der Waals surface area contributed by atoms with Gasteiger partial charge in [-0.15, -0.1) is 0 Å². The molecule has 4 rings (SSSR count). The van der Waals surface area contributed by atoms with Crippen molar-refractivity contribution in [3.05, 3.63) is 36.5 Å². The molecule has 0 saturated heterocycles. The van der Waals surface area contributed by atoms with Crippen LogP contribution in [-0.2, 0) is 18.4 Å². The van der Waals surface area contributed by atoms with E-state index in [1.165, 1.54) is 0 Å². The lowest BCUT2D eigenvalue weighted by atomic mass is 10.3. The van der Waals surface area contributed by atoms with Gasteiger partial charge in [0.05, 0.1) is 18.3 Å². The molecule has 140 valence electrons. The minimum atomic E-state index is -0.717. The van der Waals surface area contributed by atoms with E-state index in [0.29, 0.717) is 23.1 Å². The number of rotatable bonds is 6. The third-order valence-corrected chi connectivity index (χ3v) is 3.87. The fourth-order valence-corrected chi connectivity index (χ4v) is 2.49. The number of aryl methyl sites for hydroxylation is 1. The van der Waals surface area contributed by atoms with Crippen molar-refractivity contribution in [1.29, 1.82) is 0 Å². The Balaban J connectivity index is 1.32. The molecule has 3 heterocycles. The minimum Gasteiger partial charge on any atom is -0.481 e. The Morgan fingerprint density at radius 1 is 1.37 bits per heavy atom. The van der Waals surface area contributed by atoms with E-state index < -0.39 is 6.10 Å². The van der Waals surface area contributed by atoms with Gasteiger partial charge in [0, 0.05) is 19.3 Å². The van der Waals surface area contributed by atoms with Crippen LogP contribution in [0.5, 0.6) is 17.2 Å². The van der Waals surface area contributed by atoms with Gasteiger partial charge in [-0.1, -0.05) is 5.16 Å². The highest BCUT2D eigenvalue weighted by atomic mass is 16.7. The second kappa shape index (κ2) is 6.98. The summed E-state index contributed by atoms with van der Waals surface area (Å²) in [5, 5.41) is 10.6. The Morgan fingerprint density at radius 3 is 3.04 bits per heavy atom. The zero-order valence-electron chi connectivity index (χ0n) is 14.7. The summed E-state index contributed by atoms with van der Waals surface area (Å²) in [5.41, 5.74) is 0.735. The molecule has 1 N–H and O–H groups in total. The van der Waals surface area contributed by atoms with E-state index in [2.05, 4.69) is 20.6 Å². The topological polar surface area (TPSA) is 114 Å². The molecule has 1 aromatic carbocycles. The van der Waals surface area contributed by atoms with Crippen molar-refractivity contribution in [2.24, 2.45) is 7.05 Å². The number of hydrogen-bond donors (Lipinski definition) is 1. The minimum absolute atomic E-state index is 0.0981. The average molecular weight is 371 g/mol. The molecule has 0 aliphatic carbocycles. The van der Waals surface area contributed by atoms with Gasteiger partial charge in [0.25, 0.3) is 5.91 Å². The van der Waals surface area contributed by atoms with Crippen LogP contribution in [0.15, 0.2) is 35.1 Å². The van der Waals surface area contributed by atoms with Gasteiger partial charge in [-0.25, -0.2) is 0 Å². The van der Waals surface area contributed by atoms with Crippen LogP contribution in [0, 0.1) is 0 Å². The molecule has 0 unspecified atom stereocenters. The number of fused-ring (bicyclic) bond motifs is 1. The highest BCUT2D eigenvalue weighted by Gasteiger charge is 2.19. The highest BCUT2D eigenvalue weighted by molar-refractivity contribution is 5.80. The van der Waals surface area contributed by atoms with Crippen LogP contribution in [0.4, 0.5) is 0 Å². The molecule has 27 heavy (non-hydrogen) atoms. The number of aromatic nitrogens is 4. The summed E-state index contributed by atoms with van der Waals surface area (Å²) in [4.78, 5) is 16.5. The lowest BCUT2D eigenvalue weighted by Gasteiger charge is -2.14. The summed E-state index contributed by atoms with van der Waals surface area (Å²) in [6, 6.07) is 5.14. The van der Waals surface area contributed by atoms with Crippen LogP contribution in [0.3, 0.4) is 0 Å². The fraction of sp³-hybridized carbons (Fsp3) is 0.294. The zero-order chi connectivity index (χ0) is 18.8.